The van der Waals surface area contributed by atoms with Gasteiger partial charge in [-0.05, 0) is 74.9 Å². The van der Waals surface area contributed by atoms with E-state index in [9.17, 15) is 22.0 Å². The van der Waals surface area contributed by atoms with E-state index in [1.54, 1.807) is 22.9 Å². The van der Waals surface area contributed by atoms with Crippen LogP contribution in [-0.4, -0.2) is 86.7 Å². The minimum atomic E-state index is -4.75. The molecular weight excluding hydrogens is 705 g/mol. The summed E-state index contributed by atoms with van der Waals surface area (Å²) in [5.41, 5.74) is 4.28. The maximum Gasteiger partial charge on any atom is 0.573 e. The van der Waals surface area contributed by atoms with Crippen LogP contribution in [-0.2, 0) is 0 Å². The fourth-order valence-corrected chi connectivity index (χ4v) is 7.18. The molecule has 0 aliphatic carbocycles. The lowest BCUT2D eigenvalue weighted by Gasteiger charge is -2.29. The number of nitrogens with zero attached hydrogens (tertiary/aromatic N) is 9. The molecule has 3 aliphatic rings. The summed E-state index contributed by atoms with van der Waals surface area (Å²) in [4.78, 5) is 24.9. The van der Waals surface area contributed by atoms with E-state index in [4.69, 9.17) is 9.97 Å². The van der Waals surface area contributed by atoms with Gasteiger partial charge in [0, 0.05) is 80.9 Å². The van der Waals surface area contributed by atoms with Gasteiger partial charge in [-0.25, -0.2) is 18.7 Å². The fraction of sp³-hybridized carbons (Fsp3) is 0.385. The highest BCUT2D eigenvalue weighted by atomic mass is 19.4. The van der Waals surface area contributed by atoms with Crippen LogP contribution in [0.4, 0.5) is 39.3 Å². The second kappa shape index (κ2) is 15.1. The molecule has 0 spiro atoms. The van der Waals surface area contributed by atoms with Gasteiger partial charge in [0.25, 0.3) is 0 Å². The van der Waals surface area contributed by atoms with Gasteiger partial charge in [0.2, 0.25) is 11.6 Å². The highest BCUT2D eigenvalue weighted by molar-refractivity contribution is 5.66. The summed E-state index contributed by atoms with van der Waals surface area (Å²) in [5, 5.41) is 0. The number of rotatable bonds is 6. The highest BCUT2D eigenvalue weighted by Crippen LogP contribution is 2.29. The summed E-state index contributed by atoms with van der Waals surface area (Å²) in [6.07, 6.45) is 5.96. The van der Waals surface area contributed by atoms with E-state index in [0.717, 1.165) is 43.3 Å². The summed E-state index contributed by atoms with van der Waals surface area (Å²) in [6, 6.07) is 18.1. The van der Waals surface area contributed by atoms with Crippen LogP contribution in [0.5, 0.6) is 5.75 Å². The first-order valence-corrected chi connectivity index (χ1v) is 18.3. The van der Waals surface area contributed by atoms with Crippen molar-refractivity contribution in [2.24, 2.45) is 0 Å². The van der Waals surface area contributed by atoms with Crippen LogP contribution in [0.1, 0.15) is 38.5 Å². The summed E-state index contributed by atoms with van der Waals surface area (Å²) < 4.78 is 71.5. The molecule has 7 heterocycles. The van der Waals surface area contributed by atoms with Crippen LogP contribution in [0, 0.1) is 0 Å². The van der Waals surface area contributed by atoms with Crippen LogP contribution < -0.4 is 19.4 Å². The van der Waals surface area contributed by atoms with Gasteiger partial charge >= 0.3 is 6.36 Å². The highest BCUT2D eigenvalue weighted by Gasteiger charge is 2.31. The van der Waals surface area contributed by atoms with Crippen molar-refractivity contribution in [3.8, 4) is 28.3 Å². The Labute approximate surface area is 308 Å². The average molecular weight is 746 g/mol. The van der Waals surface area contributed by atoms with Crippen molar-refractivity contribution in [1.29, 1.82) is 0 Å². The number of fused-ring (bicyclic) bond motifs is 2. The SMILES string of the molecule is FC1CCN(c2ccn3cc(-c4ccc(N5CCCC5)cc4)nc3n2)CC1.FC1CCN(c2ccn3cc(-c4cccc(OC(F)(F)F)c4)nc3n2)CC1. The Morgan fingerprint density at radius 3 is 1.61 bits per heavy atom. The zero-order valence-corrected chi connectivity index (χ0v) is 29.5. The Morgan fingerprint density at radius 2 is 1.09 bits per heavy atom. The summed E-state index contributed by atoms with van der Waals surface area (Å²) in [7, 11) is 0. The molecule has 9 rings (SSSR count). The Morgan fingerprint density at radius 1 is 0.574 bits per heavy atom. The van der Waals surface area contributed by atoms with Crippen molar-refractivity contribution in [3.05, 3.63) is 85.5 Å². The molecule has 54 heavy (non-hydrogen) atoms. The quantitative estimate of drug-likeness (QED) is 0.158. The maximum absolute atomic E-state index is 13.4. The van der Waals surface area contributed by atoms with Crippen molar-refractivity contribution in [3.63, 3.8) is 0 Å². The molecular formula is C39H40F5N9O. The van der Waals surface area contributed by atoms with Crippen molar-refractivity contribution in [1.82, 2.24) is 28.7 Å². The summed E-state index contributed by atoms with van der Waals surface area (Å²) in [6.45, 7) is 4.93. The van der Waals surface area contributed by atoms with Crippen molar-refractivity contribution < 1.29 is 26.7 Å². The molecule has 3 saturated heterocycles. The normalized spacial score (nSPS) is 17.3. The number of anilines is 3. The van der Waals surface area contributed by atoms with E-state index in [-0.39, 0.29) is 5.75 Å². The molecule has 15 heteroatoms. The molecule has 0 unspecified atom stereocenters. The third kappa shape index (κ3) is 8.19. The molecule has 0 radical (unpaired) electrons. The minimum absolute atomic E-state index is 0.306. The lowest BCUT2D eigenvalue weighted by Crippen LogP contribution is -2.34. The Kier molecular flexibility index (Phi) is 9.95. The first-order chi connectivity index (χ1) is 26.1. The van der Waals surface area contributed by atoms with Crippen molar-refractivity contribution in [2.45, 2.75) is 57.2 Å². The maximum atomic E-state index is 13.4. The number of piperidine rings is 2. The van der Waals surface area contributed by atoms with Gasteiger partial charge in [0.15, 0.2) is 0 Å². The summed E-state index contributed by atoms with van der Waals surface area (Å²) in [5.74, 6) is 2.40. The number of aromatic nitrogens is 6. The number of benzene rings is 2. The molecule has 0 N–H and O–H groups in total. The molecule has 0 bridgehead atoms. The van der Waals surface area contributed by atoms with Crippen LogP contribution >= 0.6 is 0 Å². The van der Waals surface area contributed by atoms with Gasteiger partial charge in [-0.15, -0.1) is 13.2 Å². The second-order valence-corrected chi connectivity index (χ2v) is 13.9. The Balaban J connectivity index is 0.000000153. The van der Waals surface area contributed by atoms with Gasteiger partial charge in [-0.3, -0.25) is 8.80 Å². The number of halogens is 5. The van der Waals surface area contributed by atoms with E-state index in [2.05, 4.69) is 48.8 Å². The number of ether oxygens (including phenoxy) is 1. The molecule has 3 fully saturated rings. The predicted octanol–water partition coefficient (Wildman–Crippen LogP) is 8.17. The van der Waals surface area contributed by atoms with Crippen molar-refractivity contribution >= 4 is 28.9 Å². The van der Waals surface area contributed by atoms with Gasteiger partial charge < -0.3 is 19.4 Å². The first-order valence-electron chi connectivity index (χ1n) is 18.3. The van der Waals surface area contributed by atoms with E-state index in [1.165, 1.54) is 36.7 Å². The van der Waals surface area contributed by atoms with E-state index in [1.807, 2.05) is 33.8 Å². The second-order valence-electron chi connectivity index (χ2n) is 13.9. The third-order valence-corrected chi connectivity index (χ3v) is 10.1. The predicted molar refractivity (Wildman–Crippen MR) is 198 cm³/mol. The first kappa shape index (κ1) is 35.6. The number of hydrogen-bond donors (Lipinski definition) is 0. The molecule has 3 aliphatic heterocycles. The molecule has 0 amide bonds. The van der Waals surface area contributed by atoms with Gasteiger partial charge in [-0.1, -0.05) is 24.3 Å². The smallest absolute Gasteiger partial charge is 0.406 e. The van der Waals surface area contributed by atoms with Crippen LogP contribution in [0.3, 0.4) is 0 Å². The molecule has 4 aromatic heterocycles. The fourth-order valence-electron chi connectivity index (χ4n) is 7.18. The number of hydrogen-bond acceptors (Lipinski definition) is 8. The lowest BCUT2D eigenvalue weighted by atomic mass is 10.1. The standard InChI is InChI=1S/C21H24FN5.C18H16F4N4O/c22-17-7-12-26(13-8-17)20-9-14-27-15-19(23-21(27)24-20)16-3-5-18(6-4-16)25-10-1-2-11-25;19-13-4-7-25(8-5-13)16-6-9-26-11-15(23-17(26)24-16)12-2-1-3-14(10-12)27-18(20,21)22/h3-6,9,14-15,17H,1-2,7-8,10-13H2;1-3,6,9-11,13H,4-5,7-8H2. The molecule has 0 saturated carbocycles. The molecule has 0 atom stereocenters. The molecule has 6 aromatic rings. The molecule has 2 aromatic carbocycles. The van der Waals surface area contributed by atoms with Gasteiger partial charge in [0.05, 0.1) is 11.4 Å². The number of alkyl halides is 5. The molecule has 10 nitrogen and oxygen atoms in total. The van der Waals surface area contributed by atoms with Gasteiger partial charge in [-0.2, -0.15) is 9.97 Å². The number of imidazole rings is 2. The minimum Gasteiger partial charge on any atom is -0.406 e. The Hall–Kier alpha value is -5.47. The van der Waals surface area contributed by atoms with Crippen molar-refractivity contribution in [2.75, 3.05) is 54.0 Å². The largest absolute Gasteiger partial charge is 0.573 e. The lowest BCUT2D eigenvalue weighted by molar-refractivity contribution is -0.274. The zero-order valence-electron chi connectivity index (χ0n) is 29.5. The monoisotopic (exact) mass is 745 g/mol. The van der Waals surface area contributed by atoms with Gasteiger partial charge in [0.1, 0.15) is 29.7 Å². The van der Waals surface area contributed by atoms with Crippen LogP contribution in [0.25, 0.3) is 34.1 Å². The topological polar surface area (TPSA) is 79.3 Å². The third-order valence-electron chi connectivity index (χ3n) is 10.1. The average Bonchev–Trinajstić information content (AvgIpc) is 3.95. The summed E-state index contributed by atoms with van der Waals surface area (Å²) >= 11 is 0. The Bertz CT molecular complexity index is 2180. The van der Waals surface area contributed by atoms with Crippen LogP contribution in [0.2, 0.25) is 0 Å². The zero-order chi connectivity index (χ0) is 37.2. The van der Waals surface area contributed by atoms with Crippen LogP contribution in [0.15, 0.2) is 85.5 Å². The molecule has 282 valence electrons. The van der Waals surface area contributed by atoms with E-state index >= 15 is 0 Å². The van der Waals surface area contributed by atoms with E-state index in [0.29, 0.717) is 67.4 Å². The van der Waals surface area contributed by atoms with E-state index < -0.39 is 18.7 Å².